The van der Waals surface area contributed by atoms with Crippen molar-refractivity contribution in [3.8, 4) is 11.3 Å². The van der Waals surface area contributed by atoms with Gasteiger partial charge in [-0.1, -0.05) is 0 Å². The second-order valence-electron chi connectivity index (χ2n) is 7.49. The summed E-state index contributed by atoms with van der Waals surface area (Å²) in [4.78, 5) is 21.9. The molecule has 1 fully saturated rings. The molecule has 1 saturated heterocycles. The van der Waals surface area contributed by atoms with Crippen molar-refractivity contribution in [1.29, 1.82) is 0 Å². The Kier molecular flexibility index (Phi) is 5.03. The zero-order valence-corrected chi connectivity index (χ0v) is 17.5. The lowest BCUT2D eigenvalue weighted by molar-refractivity contribution is 0.0528. The summed E-state index contributed by atoms with van der Waals surface area (Å²) >= 11 is 0. The minimum atomic E-state index is -0.437. The number of rotatable bonds is 5. The number of hydrogen-bond donors (Lipinski definition) is 1. The predicted octanol–water partition coefficient (Wildman–Crippen LogP) is 3.32. The average molecular weight is 420 g/mol. The van der Waals surface area contributed by atoms with Gasteiger partial charge in [0.25, 0.3) is 0 Å². The Balaban J connectivity index is 1.70. The summed E-state index contributed by atoms with van der Waals surface area (Å²) in [6, 6.07) is 6.13. The Morgan fingerprint density at radius 1 is 1.39 bits per heavy atom. The van der Waals surface area contributed by atoms with Gasteiger partial charge in [0.1, 0.15) is 17.0 Å². The molecule has 0 bridgehead atoms. The summed E-state index contributed by atoms with van der Waals surface area (Å²) in [5.41, 5.74) is 3.37. The van der Waals surface area contributed by atoms with Crippen molar-refractivity contribution in [3.05, 3.63) is 42.4 Å². The van der Waals surface area contributed by atoms with E-state index >= 15 is 0 Å². The maximum Gasteiger partial charge on any atom is 0.343 e. The molecule has 4 aromatic rings. The van der Waals surface area contributed by atoms with E-state index in [1.807, 2.05) is 25.2 Å². The Morgan fingerprint density at radius 3 is 3.06 bits per heavy atom. The molecule has 5 rings (SSSR count). The molecule has 1 aliphatic heterocycles. The Morgan fingerprint density at radius 2 is 2.29 bits per heavy atom. The van der Waals surface area contributed by atoms with Crippen molar-refractivity contribution >= 4 is 28.5 Å². The van der Waals surface area contributed by atoms with Gasteiger partial charge in [-0.2, -0.15) is 9.61 Å². The van der Waals surface area contributed by atoms with E-state index in [2.05, 4.69) is 26.2 Å². The third-order valence-electron chi connectivity index (χ3n) is 5.62. The molecule has 1 N–H and O–H groups in total. The van der Waals surface area contributed by atoms with Crippen LogP contribution in [0.3, 0.4) is 0 Å². The molecule has 1 aliphatic rings. The van der Waals surface area contributed by atoms with Gasteiger partial charge in [0.05, 0.1) is 31.1 Å². The van der Waals surface area contributed by atoms with Gasteiger partial charge in [-0.3, -0.25) is 0 Å². The van der Waals surface area contributed by atoms with E-state index < -0.39 is 5.97 Å². The highest BCUT2D eigenvalue weighted by molar-refractivity contribution is 5.98. The lowest BCUT2D eigenvalue weighted by Crippen LogP contribution is -2.20. The van der Waals surface area contributed by atoms with Crippen LogP contribution < -0.4 is 5.32 Å². The largest absolute Gasteiger partial charge is 0.462 e. The smallest absolute Gasteiger partial charge is 0.343 e. The highest BCUT2D eigenvalue weighted by Gasteiger charge is 2.23. The number of pyridine rings is 1. The molecular weight excluding hydrogens is 396 g/mol. The molecule has 1 unspecified atom stereocenters. The molecule has 0 amide bonds. The van der Waals surface area contributed by atoms with Crippen molar-refractivity contribution in [3.63, 3.8) is 0 Å². The average Bonchev–Trinajstić information content (AvgIpc) is 3.41. The van der Waals surface area contributed by atoms with Crippen molar-refractivity contribution in [2.75, 3.05) is 32.2 Å². The van der Waals surface area contributed by atoms with Crippen LogP contribution >= 0.6 is 0 Å². The second kappa shape index (κ2) is 7.99. The van der Waals surface area contributed by atoms with Crippen molar-refractivity contribution < 1.29 is 14.3 Å². The van der Waals surface area contributed by atoms with E-state index in [4.69, 9.17) is 14.5 Å². The van der Waals surface area contributed by atoms with Crippen LogP contribution in [0, 0.1) is 0 Å². The van der Waals surface area contributed by atoms with E-state index in [1.54, 1.807) is 17.6 Å². The molecular formula is C22H24N6O3. The summed E-state index contributed by atoms with van der Waals surface area (Å²) in [6.45, 7) is 3.54. The Labute approximate surface area is 179 Å². The first-order valence-corrected chi connectivity index (χ1v) is 10.5. The number of carbonyl (C=O) groups excluding carboxylic acids is 1. The summed E-state index contributed by atoms with van der Waals surface area (Å²) in [5, 5.41) is 8.48. The monoisotopic (exact) mass is 420 g/mol. The topological polar surface area (TPSA) is 95.6 Å². The molecule has 1 atom stereocenters. The quantitative estimate of drug-likeness (QED) is 0.495. The van der Waals surface area contributed by atoms with E-state index in [9.17, 15) is 4.79 Å². The molecule has 0 aliphatic carbocycles. The van der Waals surface area contributed by atoms with Crippen LogP contribution in [-0.2, 0) is 9.47 Å². The lowest BCUT2D eigenvalue weighted by atomic mass is 10.1. The van der Waals surface area contributed by atoms with E-state index in [1.165, 1.54) is 6.20 Å². The first-order chi connectivity index (χ1) is 15.2. The van der Waals surface area contributed by atoms with E-state index in [0.717, 1.165) is 47.6 Å². The minimum Gasteiger partial charge on any atom is -0.462 e. The number of anilines is 1. The summed E-state index contributed by atoms with van der Waals surface area (Å²) in [6.07, 6.45) is 7.46. The first-order valence-electron chi connectivity index (χ1n) is 10.5. The zero-order chi connectivity index (χ0) is 21.4. The zero-order valence-electron chi connectivity index (χ0n) is 17.5. The van der Waals surface area contributed by atoms with E-state index in [0.29, 0.717) is 17.8 Å². The molecule has 160 valence electrons. The second-order valence-corrected chi connectivity index (χ2v) is 7.49. The lowest BCUT2D eigenvalue weighted by Gasteiger charge is -2.24. The highest BCUT2D eigenvalue weighted by Crippen LogP contribution is 2.34. The molecule has 0 saturated carbocycles. The Bertz CT molecular complexity index is 1260. The van der Waals surface area contributed by atoms with Crippen molar-refractivity contribution in [1.82, 2.24) is 24.1 Å². The van der Waals surface area contributed by atoms with Gasteiger partial charge in [-0.05, 0) is 31.9 Å². The normalized spacial score (nSPS) is 16.6. The Hall–Kier alpha value is -3.46. The van der Waals surface area contributed by atoms with Gasteiger partial charge in [0.2, 0.25) is 0 Å². The van der Waals surface area contributed by atoms with Gasteiger partial charge >= 0.3 is 5.97 Å². The fourth-order valence-corrected chi connectivity index (χ4v) is 4.14. The van der Waals surface area contributed by atoms with Crippen LogP contribution in [0.1, 0.15) is 36.2 Å². The predicted molar refractivity (Wildman–Crippen MR) is 116 cm³/mol. The third kappa shape index (κ3) is 3.31. The van der Waals surface area contributed by atoms with Gasteiger partial charge in [-0.25, -0.2) is 14.8 Å². The summed E-state index contributed by atoms with van der Waals surface area (Å²) < 4.78 is 14.7. The number of hydrogen-bond acceptors (Lipinski definition) is 7. The first kappa shape index (κ1) is 19.5. The number of nitrogens with zero attached hydrogens (tertiary/aromatic N) is 5. The number of nitrogens with one attached hydrogen (secondary N) is 1. The molecule has 0 radical (unpaired) electrons. The van der Waals surface area contributed by atoms with Crippen LogP contribution in [-0.4, -0.2) is 57.0 Å². The SMILES string of the molecule is CCOC(=O)c1cnn2c(NC)cc(-c3cn(C4CCCOC4)c4ncccc34)nc12. The minimum absolute atomic E-state index is 0.234. The molecule has 0 spiro atoms. The number of ether oxygens (including phenoxy) is 2. The van der Waals surface area contributed by atoms with Crippen LogP contribution in [0.4, 0.5) is 5.82 Å². The fourth-order valence-electron chi connectivity index (χ4n) is 4.14. The van der Waals surface area contributed by atoms with Gasteiger partial charge in [-0.15, -0.1) is 0 Å². The number of aromatic nitrogens is 5. The van der Waals surface area contributed by atoms with Gasteiger partial charge in [0, 0.05) is 43.1 Å². The number of fused-ring (bicyclic) bond motifs is 2. The van der Waals surface area contributed by atoms with Gasteiger partial charge in [0.15, 0.2) is 5.65 Å². The standard InChI is InChI=1S/C22H24N6O3/c1-3-31-22(29)16-11-25-28-19(23-2)10-18(26-21(16)28)17-12-27(14-6-5-9-30-13-14)20-15(17)7-4-8-24-20/h4,7-8,10-12,14,23H,3,5-6,9,13H2,1-2H3. The maximum atomic E-state index is 12.4. The summed E-state index contributed by atoms with van der Waals surface area (Å²) in [7, 11) is 1.81. The van der Waals surface area contributed by atoms with Crippen molar-refractivity contribution in [2.45, 2.75) is 25.8 Å². The van der Waals surface area contributed by atoms with Gasteiger partial charge < -0.3 is 19.4 Å². The molecule has 9 heteroatoms. The molecule has 4 aromatic heterocycles. The highest BCUT2D eigenvalue weighted by atomic mass is 16.5. The van der Waals surface area contributed by atoms with Crippen LogP contribution in [0.15, 0.2) is 36.8 Å². The maximum absolute atomic E-state index is 12.4. The van der Waals surface area contributed by atoms with Crippen LogP contribution in [0.2, 0.25) is 0 Å². The molecule has 0 aromatic carbocycles. The molecule has 9 nitrogen and oxygen atoms in total. The third-order valence-corrected chi connectivity index (χ3v) is 5.62. The van der Waals surface area contributed by atoms with Crippen LogP contribution in [0.25, 0.3) is 27.9 Å². The molecule has 5 heterocycles. The van der Waals surface area contributed by atoms with E-state index in [-0.39, 0.29) is 12.6 Å². The summed E-state index contributed by atoms with van der Waals surface area (Å²) in [5.74, 6) is 0.286. The number of esters is 1. The molecule has 31 heavy (non-hydrogen) atoms. The fraction of sp³-hybridized carbons (Fsp3) is 0.364. The number of carbonyl (C=O) groups is 1. The van der Waals surface area contributed by atoms with Crippen molar-refractivity contribution in [2.24, 2.45) is 0 Å². The van der Waals surface area contributed by atoms with Crippen LogP contribution in [0.5, 0.6) is 0 Å².